The van der Waals surface area contributed by atoms with Crippen molar-refractivity contribution in [1.82, 2.24) is 9.55 Å². The Kier molecular flexibility index (Phi) is 6.15. The molecule has 40 heavy (non-hydrogen) atoms. The summed E-state index contributed by atoms with van der Waals surface area (Å²) in [6.45, 7) is 5.41. The molecule has 3 atom stereocenters. The number of hydrogen-bond donors (Lipinski definition) is 0. The second-order valence-electron chi connectivity index (χ2n) is 10.8. The fourth-order valence-electron chi connectivity index (χ4n) is 5.58. The van der Waals surface area contributed by atoms with E-state index in [1.165, 1.54) is 12.3 Å². The standard InChI is InChI=1S/C28H27F3N4O5/c1-17-11-18(24-13-19-12-20(28(29,30)31)3-8-23(19)39-24)9-10-34(17)21-4-6-22(7-5-21)38-16-27(2)15-33-14-25(35(36)37)32-26(33)40-27/h3-8,12-14,17-18H,9-11,15-16H2,1-2H3/t17?,18?,27-/m0/s1. The first-order valence-corrected chi connectivity index (χ1v) is 13.0. The summed E-state index contributed by atoms with van der Waals surface area (Å²) in [7, 11) is 0. The van der Waals surface area contributed by atoms with Gasteiger partial charge in [-0.3, -0.25) is 4.57 Å². The van der Waals surface area contributed by atoms with Crippen LogP contribution in [0.3, 0.4) is 0 Å². The van der Waals surface area contributed by atoms with Gasteiger partial charge in [-0.2, -0.15) is 13.2 Å². The van der Waals surface area contributed by atoms with Crippen LogP contribution in [-0.2, 0) is 12.7 Å². The van der Waals surface area contributed by atoms with Crippen molar-refractivity contribution in [2.24, 2.45) is 0 Å². The molecule has 9 nitrogen and oxygen atoms in total. The molecule has 2 aliphatic heterocycles. The molecular weight excluding hydrogens is 529 g/mol. The van der Waals surface area contributed by atoms with E-state index in [9.17, 15) is 23.3 Å². The molecule has 2 aromatic carbocycles. The van der Waals surface area contributed by atoms with Crippen LogP contribution in [0.1, 0.15) is 43.9 Å². The maximum Gasteiger partial charge on any atom is 0.416 e. The number of imidazole rings is 1. The summed E-state index contributed by atoms with van der Waals surface area (Å²) in [6.07, 6.45) is -1.40. The van der Waals surface area contributed by atoms with Crippen molar-refractivity contribution in [2.75, 3.05) is 18.1 Å². The van der Waals surface area contributed by atoms with Gasteiger partial charge < -0.3 is 28.9 Å². The number of hydrogen-bond acceptors (Lipinski definition) is 7. The second kappa shape index (κ2) is 9.46. The quantitative estimate of drug-likeness (QED) is 0.196. The predicted octanol–water partition coefficient (Wildman–Crippen LogP) is 6.56. The molecule has 0 bridgehead atoms. The predicted molar refractivity (Wildman–Crippen MR) is 140 cm³/mol. The van der Waals surface area contributed by atoms with Gasteiger partial charge in [0.05, 0.1) is 12.1 Å². The molecule has 12 heteroatoms. The highest BCUT2D eigenvalue weighted by atomic mass is 19.4. The van der Waals surface area contributed by atoms with E-state index in [2.05, 4.69) is 16.8 Å². The van der Waals surface area contributed by atoms with Crippen molar-refractivity contribution in [3.63, 3.8) is 0 Å². The lowest BCUT2D eigenvalue weighted by Gasteiger charge is -2.38. The first-order valence-electron chi connectivity index (χ1n) is 13.0. The maximum absolute atomic E-state index is 13.1. The van der Waals surface area contributed by atoms with Crippen LogP contribution in [0.4, 0.5) is 24.7 Å². The van der Waals surface area contributed by atoms with Gasteiger partial charge in [-0.1, -0.05) is 0 Å². The van der Waals surface area contributed by atoms with Crippen molar-refractivity contribution in [3.05, 3.63) is 76.2 Å². The number of furan rings is 1. The highest BCUT2D eigenvalue weighted by Gasteiger charge is 2.41. The van der Waals surface area contributed by atoms with Crippen LogP contribution >= 0.6 is 0 Å². The van der Waals surface area contributed by atoms with Crippen LogP contribution in [0.25, 0.3) is 11.0 Å². The molecule has 0 spiro atoms. The minimum atomic E-state index is -4.39. The molecular formula is C28H27F3N4O5. The number of rotatable bonds is 6. The van der Waals surface area contributed by atoms with Gasteiger partial charge in [0.25, 0.3) is 0 Å². The molecule has 1 fully saturated rings. The van der Waals surface area contributed by atoms with Crippen molar-refractivity contribution < 1.29 is 32.0 Å². The van der Waals surface area contributed by atoms with Gasteiger partial charge in [-0.25, -0.2) is 0 Å². The maximum atomic E-state index is 13.1. The van der Waals surface area contributed by atoms with Crippen LogP contribution in [0.2, 0.25) is 0 Å². The average molecular weight is 557 g/mol. The summed E-state index contributed by atoms with van der Waals surface area (Å²) in [5, 5.41) is 11.4. The summed E-state index contributed by atoms with van der Waals surface area (Å²) in [5.74, 6) is 1.28. The Morgan fingerprint density at radius 3 is 2.65 bits per heavy atom. The zero-order valence-electron chi connectivity index (χ0n) is 21.9. The molecule has 210 valence electrons. The molecule has 4 aromatic rings. The first-order chi connectivity index (χ1) is 19.0. The fraction of sp³-hybridized carbons (Fsp3) is 0.393. The van der Waals surface area contributed by atoms with E-state index >= 15 is 0 Å². The molecule has 2 aliphatic rings. The number of fused-ring (bicyclic) bond motifs is 2. The summed E-state index contributed by atoms with van der Waals surface area (Å²) in [4.78, 5) is 16.5. The molecule has 2 aromatic heterocycles. The Balaban J connectivity index is 1.06. The Bertz CT molecular complexity index is 1540. The number of piperidine rings is 1. The Morgan fingerprint density at radius 1 is 1.20 bits per heavy atom. The third-order valence-corrected chi connectivity index (χ3v) is 7.61. The van der Waals surface area contributed by atoms with Crippen LogP contribution in [-0.4, -0.2) is 39.3 Å². The van der Waals surface area contributed by atoms with Crippen molar-refractivity contribution in [2.45, 2.75) is 57.0 Å². The minimum Gasteiger partial charge on any atom is -0.489 e. The van der Waals surface area contributed by atoms with Gasteiger partial charge in [0, 0.05) is 34.6 Å². The Labute approximate surface area is 227 Å². The lowest BCUT2D eigenvalue weighted by atomic mass is 9.89. The van der Waals surface area contributed by atoms with E-state index in [0.717, 1.165) is 43.0 Å². The molecule has 2 unspecified atom stereocenters. The summed E-state index contributed by atoms with van der Waals surface area (Å²) in [6, 6.07) is 13.5. The van der Waals surface area contributed by atoms with E-state index in [-0.39, 0.29) is 30.4 Å². The molecule has 0 aliphatic carbocycles. The van der Waals surface area contributed by atoms with Gasteiger partial charge in [-0.05, 0) is 80.1 Å². The summed E-state index contributed by atoms with van der Waals surface area (Å²) >= 11 is 0. The summed E-state index contributed by atoms with van der Waals surface area (Å²) in [5.41, 5.74) is 0.147. The third kappa shape index (κ3) is 4.93. The molecule has 0 N–H and O–H groups in total. The van der Waals surface area contributed by atoms with Crippen molar-refractivity contribution in [3.8, 4) is 11.8 Å². The van der Waals surface area contributed by atoms with Crippen molar-refractivity contribution in [1.29, 1.82) is 0 Å². The van der Waals surface area contributed by atoms with E-state index in [1.54, 1.807) is 10.6 Å². The number of benzene rings is 2. The lowest BCUT2D eigenvalue weighted by Crippen LogP contribution is -2.40. The van der Waals surface area contributed by atoms with Crippen molar-refractivity contribution >= 4 is 22.5 Å². The first kappa shape index (κ1) is 26.0. The SMILES string of the molecule is CC1CC(c2cc3cc(C(F)(F)F)ccc3o2)CCN1c1ccc(OC[C@]2(C)Cn3cc([N+](=O)[O-])nc3O2)cc1. The highest BCUT2D eigenvalue weighted by Crippen LogP contribution is 2.39. The zero-order valence-corrected chi connectivity index (χ0v) is 21.9. The summed E-state index contributed by atoms with van der Waals surface area (Å²) < 4.78 is 58.6. The van der Waals surface area contributed by atoms with Gasteiger partial charge in [0.15, 0.2) is 5.60 Å². The number of aromatic nitrogens is 2. The topological polar surface area (TPSA) is 95.8 Å². The zero-order chi connectivity index (χ0) is 28.2. The Hall–Kier alpha value is -4.22. The van der Waals surface area contributed by atoms with E-state index < -0.39 is 22.3 Å². The minimum absolute atomic E-state index is 0.124. The number of ether oxygens (including phenoxy) is 2. The molecule has 6 rings (SSSR count). The third-order valence-electron chi connectivity index (χ3n) is 7.61. The molecule has 0 radical (unpaired) electrons. The van der Waals surface area contributed by atoms with E-state index in [0.29, 0.717) is 23.3 Å². The lowest BCUT2D eigenvalue weighted by molar-refractivity contribution is -0.389. The van der Waals surface area contributed by atoms with E-state index in [4.69, 9.17) is 13.9 Å². The molecule has 4 heterocycles. The van der Waals surface area contributed by atoms with Gasteiger partial charge in [0.2, 0.25) is 0 Å². The molecule has 1 saturated heterocycles. The monoisotopic (exact) mass is 556 g/mol. The smallest absolute Gasteiger partial charge is 0.416 e. The number of nitro groups is 1. The number of anilines is 1. The van der Waals surface area contributed by atoms with Gasteiger partial charge in [-0.15, -0.1) is 0 Å². The van der Waals surface area contributed by atoms with E-state index in [1.807, 2.05) is 31.2 Å². The normalized spacial score (nSPS) is 22.8. The number of halogens is 3. The van der Waals surface area contributed by atoms with Crippen LogP contribution in [0.5, 0.6) is 11.8 Å². The van der Waals surface area contributed by atoms with Crippen LogP contribution < -0.4 is 14.4 Å². The van der Waals surface area contributed by atoms with Gasteiger partial charge in [0.1, 0.15) is 29.9 Å². The van der Waals surface area contributed by atoms with Gasteiger partial charge >= 0.3 is 18.0 Å². The number of nitrogens with zero attached hydrogens (tertiary/aromatic N) is 4. The second-order valence-corrected chi connectivity index (χ2v) is 10.8. The van der Waals surface area contributed by atoms with Crippen LogP contribution in [0.15, 0.2) is 59.1 Å². The Morgan fingerprint density at radius 2 is 1.98 bits per heavy atom. The largest absolute Gasteiger partial charge is 0.489 e. The average Bonchev–Trinajstić information content (AvgIpc) is 3.58. The highest BCUT2D eigenvalue weighted by molar-refractivity contribution is 5.79. The number of alkyl halides is 3. The molecule has 0 saturated carbocycles. The fourth-order valence-corrected chi connectivity index (χ4v) is 5.58. The molecule has 0 amide bonds. The van der Waals surface area contributed by atoms with Crippen LogP contribution in [0, 0.1) is 10.1 Å².